The molecule has 1 rings (SSSR count). The summed E-state index contributed by atoms with van der Waals surface area (Å²) >= 11 is 0. The van der Waals surface area contributed by atoms with Crippen molar-refractivity contribution in [2.24, 2.45) is 5.41 Å². The van der Waals surface area contributed by atoms with Gasteiger partial charge in [0.1, 0.15) is 0 Å². The van der Waals surface area contributed by atoms with E-state index in [0.717, 1.165) is 0 Å². The molecular weight excluding hydrogens is 240 g/mol. The molecule has 1 atom stereocenters. The second kappa shape index (κ2) is 5.08. The lowest BCUT2D eigenvalue weighted by molar-refractivity contribution is 0.292. The van der Waals surface area contributed by atoms with Gasteiger partial charge in [-0.05, 0) is 17.9 Å². The summed E-state index contributed by atoms with van der Waals surface area (Å²) in [6, 6.07) is 0.227. The van der Waals surface area contributed by atoms with Gasteiger partial charge in [-0.3, -0.25) is 9.59 Å². The van der Waals surface area contributed by atoms with Crippen molar-refractivity contribution in [1.29, 1.82) is 0 Å². The molecule has 0 bridgehead atoms. The molecule has 108 valence electrons. The van der Waals surface area contributed by atoms with Gasteiger partial charge in [0, 0.05) is 18.2 Å². The van der Waals surface area contributed by atoms with E-state index < -0.39 is 0 Å². The van der Waals surface area contributed by atoms with Crippen molar-refractivity contribution in [3.05, 3.63) is 26.0 Å². The molecule has 0 aliphatic heterocycles. The van der Waals surface area contributed by atoms with E-state index in [9.17, 15) is 9.59 Å². The maximum absolute atomic E-state index is 11.7. The van der Waals surface area contributed by atoms with Crippen LogP contribution in [0.4, 0.5) is 5.69 Å². The zero-order valence-electron chi connectivity index (χ0n) is 13.1. The van der Waals surface area contributed by atoms with Crippen molar-refractivity contribution in [3.63, 3.8) is 0 Å². The molecule has 1 aromatic rings. The van der Waals surface area contributed by atoms with E-state index in [1.165, 1.54) is 0 Å². The number of hydrogen-bond donors (Lipinski definition) is 2. The van der Waals surface area contributed by atoms with Crippen LogP contribution in [0.1, 0.15) is 47.1 Å². The van der Waals surface area contributed by atoms with Gasteiger partial charge >= 0.3 is 0 Å². The van der Waals surface area contributed by atoms with E-state index in [1.807, 2.05) is 27.8 Å². The average molecular weight is 266 g/mol. The predicted molar refractivity (Wildman–Crippen MR) is 80.8 cm³/mol. The molecular formula is C15H26N2O2. The third kappa shape index (κ3) is 3.24. The number of likely N-dealkylation sites (N-methyl/N-ethyl adjacent to an activating group) is 1. The Kier molecular flexibility index (Phi) is 4.25. The Labute approximate surface area is 115 Å². The molecule has 2 N–H and O–H groups in total. The van der Waals surface area contributed by atoms with E-state index in [-0.39, 0.29) is 27.7 Å². The highest BCUT2D eigenvalue weighted by Crippen LogP contribution is 2.26. The smallest absolute Gasteiger partial charge is 0.249 e. The molecule has 0 aliphatic carbocycles. The predicted octanol–water partition coefficient (Wildman–Crippen LogP) is 1.63. The van der Waals surface area contributed by atoms with Crippen molar-refractivity contribution in [3.8, 4) is 0 Å². The highest BCUT2D eigenvalue weighted by Gasteiger charge is 2.31. The fourth-order valence-electron chi connectivity index (χ4n) is 2.32. The summed E-state index contributed by atoms with van der Waals surface area (Å²) in [6.45, 7) is 12.9. The summed E-state index contributed by atoms with van der Waals surface area (Å²) in [5.74, 6) is 0. The molecule has 0 saturated heterocycles. The van der Waals surface area contributed by atoms with Crippen LogP contribution in [0.25, 0.3) is 0 Å². The van der Waals surface area contributed by atoms with Crippen LogP contribution in [-0.4, -0.2) is 19.6 Å². The van der Waals surface area contributed by atoms with Gasteiger partial charge in [-0.1, -0.05) is 41.5 Å². The van der Waals surface area contributed by atoms with Crippen LogP contribution in [0.2, 0.25) is 0 Å². The lowest BCUT2D eigenvalue weighted by Gasteiger charge is -2.32. The van der Waals surface area contributed by atoms with E-state index >= 15 is 0 Å². The van der Waals surface area contributed by atoms with Crippen LogP contribution in [-0.2, 0) is 5.41 Å². The minimum atomic E-state index is -0.381. The Morgan fingerprint density at radius 3 is 1.89 bits per heavy atom. The van der Waals surface area contributed by atoms with Crippen molar-refractivity contribution in [2.45, 2.75) is 53.0 Å². The molecule has 0 spiro atoms. The van der Waals surface area contributed by atoms with E-state index in [0.29, 0.717) is 17.8 Å². The molecule has 0 amide bonds. The van der Waals surface area contributed by atoms with Crippen molar-refractivity contribution >= 4 is 5.69 Å². The molecule has 0 aromatic heterocycles. The van der Waals surface area contributed by atoms with Crippen LogP contribution >= 0.6 is 0 Å². The maximum atomic E-state index is 11.7. The lowest BCUT2D eigenvalue weighted by Crippen LogP contribution is -2.48. The van der Waals surface area contributed by atoms with E-state index in [2.05, 4.69) is 31.4 Å². The Hall–Kier alpha value is -1.16. The molecule has 0 saturated carbocycles. The monoisotopic (exact) mass is 266 g/mol. The van der Waals surface area contributed by atoms with Gasteiger partial charge in [-0.25, -0.2) is 0 Å². The SMILES string of the molecule is CNC(CNc1c(C(C)(C)C)c(=O)c1=O)C(C)(C)C. The van der Waals surface area contributed by atoms with Crippen molar-refractivity contribution in [1.82, 2.24) is 5.32 Å². The van der Waals surface area contributed by atoms with Gasteiger partial charge in [0.2, 0.25) is 10.9 Å². The zero-order chi connectivity index (χ0) is 15.0. The molecule has 0 heterocycles. The van der Waals surface area contributed by atoms with Crippen molar-refractivity contribution in [2.75, 3.05) is 18.9 Å². The van der Waals surface area contributed by atoms with Crippen LogP contribution < -0.4 is 21.5 Å². The van der Waals surface area contributed by atoms with Gasteiger partial charge < -0.3 is 10.6 Å². The molecule has 19 heavy (non-hydrogen) atoms. The first-order valence-corrected chi connectivity index (χ1v) is 6.75. The van der Waals surface area contributed by atoms with Gasteiger partial charge in [0.25, 0.3) is 0 Å². The van der Waals surface area contributed by atoms with Gasteiger partial charge in [0.15, 0.2) is 0 Å². The fraction of sp³-hybridized carbons (Fsp3) is 0.733. The van der Waals surface area contributed by atoms with Crippen LogP contribution in [0.15, 0.2) is 9.59 Å². The normalized spacial score (nSPS) is 14.7. The first-order valence-electron chi connectivity index (χ1n) is 6.75. The molecule has 1 aromatic carbocycles. The summed E-state index contributed by atoms with van der Waals surface area (Å²) in [7, 11) is 1.91. The lowest BCUT2D eigenvalue weighted by atomic mass is 9.82. The van der Waals surface area contributed by atoms with Crippen LogP contribution in [0, 0.1) is 5.41 Å². The first-order chi connectivity index (χ1) is 8.50. The first kappa shape index (κ1) is 15.9. The molecule has 0 aliphatic rings. The summed E-state index contributed by atoms with van der Waals surface area (Å²) in [6.07, 6.45) is 0. The second-order valence-electron chi connectivity index (χ2n) is 7.25. The minimum Gasteiger partial charge on any atom is -0.380 e. The average Bonchev–Trinajstić information content (AvgIpc) is 2.23. The third-order valence-electron chi connectivity index (χ3n) is 3.54. The third-order valence-corrected chi connectivity index (χ3v) is 3.54. The standard InChI is InChI=1S/C15H26N2O2/c1-14(2,3)9(16-7)8-17-11-10(15(4,5)6)12(18)13(11)19/h9,16-17H,8H2,1-7H3. The molecule has 0 fully saturated rings. The Morgan fingerprint density at radius 2 is 1.53 bits per heavy atom. The zero-order valence-corrected chi connectivity index (χ0v) is 13.1. The molecule has 1 unspecified atom stereocenters. The largest absolute Gasteiger partial charge is 0.380 e. The molecule has 4 heteroatoms. The topological polar surface area (TPSA) is 58.2 Å². The quantitative estimate of drug-likeness (QED) is 0.813. The fourth-order valence-corrected chi connectivity index (χ4v) is 2.32. The van der Waals surface area contributed by atoms with Crippen LogP contribution in [0.5, 0.6) is 0 Å². The van der Waals surface area contributed by atoms with Crippen molar-refractivity contribution < 1.29 is 0 Å². The Morgan fingerprint density at radius 1 is 1.00 bits per heavy atom. The van der Waals surface area contributed by atoms with Crippen LogP contribution in [0.3, 0.4) is 0 Å². The van der Waals surface area contributed by atoms with E-state index in [4.69, 9.17) is 0 Å². The molecule has 0 radical (unpaired) electrons. The highest BCUT2D eigenvalue weighted by molar-refractivity contribution is 5.59. The Bertz CT molecular complexity index is 511. The summed E-state index contributed by atoms with van der Waals surface area (Å²) in [5, 5.41) is 6.40. The summed E-state index contributed by atoms with van der Waals surface area (Å²) in [5.41, 5.74) is 0.203. The maximum Gasteiger partial charge on any atom is 0.249 e. The Balaban J connectivity index is 2.89. The number of nitrogens with one attached hydrogen (secondary N) is 2. The van der Waals surface area contributed by atoms with E-state index in [1.54, 1.807) is 0 Å². The number of hydrogen-bond acceptors (Lipinski definition) is 4. The second-order valence-corrected chi connectivity index (χ2v) is 7.25. The van der Waals surface area contributed by atoms with Gasteiger partial charge in [-0.2, -0.15) is 0 Å². The van der Waals surface area contributed by atoms with Gasteiger partial charge in [0.05, 0.1) is 5.69 Å². The summed E-state index contributed by atoms with van der Waals surface area (Å²) in [4.78, 5) is 23.3. The number of rotatable bonds is 4. The number of anilines is 1. The minimum absolute atomic E-state index is 0.0843. The molecule has 4 nitrogen and oxygen atoms in total. The van der Waals surface area contributed by atoms with Gasteiger partial charge in [-0.15, -0.1) is 0 Å². The highest BCUT2D eigenvalue weighted by atomic mass is 16.2. The summed E-state index contributed by atoms with van der Waals surface area (Å²) < 4.78 is 0.